The number of benzene rings is 1. The first-order chi connectivity index (χ1) is 14.2. The summed E-state index contributed by atoms with van der Waals surface area (Å²) in [6, 6.07) is 10.1. The van der Waals surface area contributed by atoms with Crippen molar-refractivity contribution in [1.82, 2.24) is 19.7 Å². The fraction of sp³-hybridized carbons (Fsp3) is 0.476. The van der Waals surface area contributed by atoms with Crippen molar-refractivity contribution in [1.29, 1.82) is 0 Å². The number of para-hydroxylation sites is 1. The van der Waals surface area contributed by atoms with Crippen LogP contribution in [0.1, 0.15) is 18.5 Å². The Morgan fingerprint density at radius 2 is 1.97 bits per heavy atom. The highest BCUT2D eigenvalue weighted by atomic mass is 32.1. The van der Waals surface area contributed by atoms with Crippen molar-refractivity contribution < 1.29 is 9.53 Å². The monoisotopic (exact) mass is 411 g/mol. The van der Waals surface area contributed by atoms with E-state index >= 15 is 0 Å². The molecule has 1 amide bonds. The average Bonchev–Trinajstić information content (AvgIpc) is 3.35. The van der Waals surface area contributed by atoms with Gasteiger partial charge >= 0.3 is 0 Å². The van der Waals surface area contributed by atoms with Gasteiger partial charge in [-0.25, -0.2) is 4.68 Å². The minimum atomic E-state index is 0.0422. The third kappa shape index (κ3) is 3.51. The molecular formula is C21H25N5O2S. The lowest BCUT2D eigenvalue weighted by Gasteiger charge is -2.36. The maximum Gasteiger partial charge on any atom is 0.227 e. The molecule has 0 aliphatic carbocycles. The number of anilines is 1. The molecule has 3 aromatic rings. The molecule has 2 fully saturated rings. The number of aryl methyl sites for hydroxylation is 1. The molecule has 0 N–H and O–H groups in total. The number of hydrogen-bond donors (Lipinski definition) is 0. The Bertz CT molecular complexity index is 1010. The van der Waals surface area contributed by atoms with E-state index in [4.69, 9.17) is 9.72 Å². The van der Waals surface area contributed by atoms with Crippen LogP contribution in [-0.4, -0.2) is 65.0 Å². The number of fused-ring (bicyclic) bond motifs is 1. The second kappa shape index (κ2) is 7.76. The summed E-state index contributed by atoms with van der Waals surface area (Å²) in [4.78, 5) is 22.1. The van der Waals surface area contributed by atoms with E-state index in [-0.39, 0.29) is 11.8 Å². The van der Waals surface area contributed by atoms with Gasteiger partial charge in [0.2, 0.25) is 5.91 Å². The van der Waals surface area contributed by atoms with Crippen LogP contribution < -0.4 is 4.90 Å². The lowest BCUT2D eigenvalue weighted by atomic mass is 9.96. The van der Waals surface area contributed by atoms with E-state index in [0.29, 0.717) is 26.3 Å². The fourth-order valence-electron chi connectivity index (χ4n) is 4.20. The fourth-order valence-corrected chi connectivity index (χ4v) is 5.22. The van der Waals surface area contributed by atoms with Crippen LogP contribution in [0.4, 0.5) is 5.13 Å². The molecule has 2 aromatic heterocycles. The molecule has 7 nitrogen and oxygen atoms in total. The average molecular weight is 412 g/mol. The second-order valence-corrected chi connectivity index (χ2v) is 8.68. The Labute approximate surface area is 173 Å². The molecule has 0 saturated carbocycles. The summed E-state index contributed by atoms with van der Waals surface area (Å²) in [6.07, 6.45) is 1.97. The predicted molar refractivity (Wildman–Crippen MR) is 114 cm³/mol. The van der Waals surface area contributed by atoms with Crippen LogP contribution in [0.3, 0.4) is 0 Å². The van der Waals surface area contributed by atoms with E-state index in [2.05, 4.69) is 10.00 Å². The Morgan fingerprint density at radius 3 is 2.76 bits per heavy atom. The highest BCUT2D eigenvalue weighted by Gasteiger charge is 2.31. The number of morpholine rings is 1. The van der Waals surface area contributed by atoms with E-state index in [1.807, 2.05) is 46.8 Å². The first-order valence-electron chi connectivity index (χ1n) is 10.2. The molecular weight excluding hydrogens is 386 g/mol. The number of amides is 1. The van der Waals surface area contributed by atoms with Crippen molar-refractivity contribution in [2.24, 2.45) is 5.92 Å². The van der Waals surface area contributed by atoms with E-state index in [1.165, 1.54) is 0 Å². The summed E-state index contributed by atoms with van der Waals surface area (Å²) >= 11 is 1.68. The smallest absolute Gasteiger partial charge is 0.227 e. The third-order valence-electron chi connectivity index (χ3n) is 5.74. The van der Waals surface area contributed by atoms with Crippen molar-refractivity contribution in [3.8, 4) is 5.69 Å². The molecule has 0 spiro atoms. The highest BCUT2D eigenvalue weighted by molar-refractivity contribution is 7.22. The van der Waals surface area contributed by atoms with Gasteiger partial charge in [0.05, 0.1) is 35.2 Å². The van der Waals surface area contributed by atoms with Gasteiger partial charge in [-0.2, -0.15) is 10.1 Å². The number of rotatable bonds is 3. The number of aromatic nitrogens is 3. The summed E-state index contributed by atoms with van der Waals surface area (Å²) in [5.74, 6) is 0.311. The molecule has 8 heteroatoms. The van der Waals surface area contributed by atoms with Gasteiger partial charge in [-0.15, -0.1) is 0 Å². The van der Waals surface area contributed by atoms with Gasteiger partial charge in [0.15, 0.2) is 10.8 Å². The second-order valence-electron chi connectivity index (χ2n) is 7.70. The van der Waals surface area contributed by atoms with Gasteiger partial charge in [-0.1, -0.05) is 29.5 Å². The zero-order valence-corrected chi connectivity index (χ0v) is 17.4. The minimum absolute atomic E-state index is 0.0422. The van der Waals surface area contributed by atoms with E-state index in [9.17, 15) is 4.79 Å². The highest BCUT2D eigenvalue weighted by Crippen LogP contribution is 2.34. The maximum absolute atomic E-state index is 13.0. The molecule has 2 saturated heterocycles. The summed E-state index contributed by atoms with van der Waals surface area (Å²) in [6.45, 7) is 6.44. The molecule has 4 heterocycles. The summed E-state index contributed by atoms with van der Waals surface area (Å²) in [5, 5.41) is 5.67. The molecule has 1 unspecified atom stereocenters. The van der Waals surface area contributed by atoms with Crippen molar-refractivity contribution in [3.05, 3.63) is 36.0 Å². The summed E-state index contributed by atoms with van der Waals surface area (Å²) in [5.41, 5.74) is 2.90. The van der Waals surface area contributed by atoms with E-state index in [1.54, 1.807) is 11.3 Å². The third-order valence-corrected chi connectivity index (χ3v) is 6.96. The van der Waals surface area contributed by atoms with Crippen molar-refractivity contribution in [3.63, 3.8) is 0 Å². The number of piperidine rings is 1. The quantitative estimate of drug-likeness (QED) is 0.663. The van der Waals surface area contributed by atoms with Crippen LogP contribution in [0, 0.1) is 12.8 Å². The summed E-state index contributed by atoms with van der Waals surface area (Å²) in [7, 11) is 0. The predicted octanol–water partition coefficient (Wildman–Crippen LogP) is 2.87. The Kier molecular flexibility index (Phi) is 4.97. The number of thiazole rings is 1. The van der Waals surface area contributed by atoms with Crippen molar-refractivity contribution >= 4 is 32.7 Å². The van der Waals surface area contributed by atoms with Gasteiger partial charge in [0.1, 0.15) is 0 Å². The molecule has 0 radical (unpaired) electrons. The first kappa shape index (κ1) is 18.6. The molecule has 5 rings (SSSR count). The number of carbonyl (C=O) groups is 1. The normalized spacial score (nSPS) is 20.4. The van der Waals surface area contributed by atoms with Crippen molar-refractivity contribution in [2.45, 2.75) is 19.8 Å². The Morgan fingerprint density at radius 1 is 1.17 bits per heavy atom. The lowest BCUT2D eigenvalue weighted by Crippen LogP contribution is -2.48. The zero-order chi connectivity index (χ0) is 19.8. The van der Waals surface area contributed by atoms with E-state index < -0.39 is 0 Å². The first-order valence-corrected chi connectivity index (χ1v) is 11.1. The van der Waals surface area contributed by atoms with Gasteiger partial charge in [-0.05, 0) is 31.9 Å². The molecule has 1 aromatic carbocycles. The van der Waals surface area contributed by atoms with Gasteiger partial charge < -0.3 is 14.5 Å². The van der Waals surface area contributed by atoms with Crippen LogP contribution in [0.2, 0.25) is 0 Å². The topological polar surface area (TPSA) is 63.5 Å². The van der Waals surface area contributed by atoms with Crippen LogP contribution in [0.5, 0.6) is 0 Å². The van der Waals surface area contributed by atoms with Crippen LogP contribution >= 0.6 is 11.3 Å². The molecule has 2 aliphatic rings. The van der Waals surface area contributed by atoms with E-state index in [0.717, 1.165) is 52.8 Å². The van der Waals surface area contributed by atoms with Crippen LogP contribution in [0.15, 0.2) is 30.3 Å². The Balaban J connectivity index is 1.39. The largest absolute Gasteiger partial charge is 0.378 e. The van der Waals surface area contributed by atoms with Crippen molar-refractivity contribution in [2.75, 3.05) is 44.3 Å². The number of ether oxygens (including phenoxy) is 1. The number of nitrogens with zero attached hydrogens (tertiary/aromatic N) is 5. The molecule has 152 valence electrons. The lowest BCUT2D eigenvalue weighted by molar-refractivity contribution is -0.139. The standard InChI is InChI=1S/C21H25N5O2S/c1-15-18-19(26(23-15)17-7-3-2-4-8-17)22-21(29-18)25-9-5-6-16(14-25)20(27)24-10-12-28-13-11-24/h2-4,7-8,16H,5-6,9-14H2,1H3. The molecule has 1 atom stereocenters. The molecule has 2 aliphatic heterocycles. The summed E-state index contributed by atoms with van der Waals surface area (Å²) < 4.78 is 8.43. The molecule has 0 bridgehead atoms. The van der Waals surface area contributed by atoms with Crippen LogP contribution in [-0.2, 0) is 9.53 Å². The Hall–Kier alpha value is -2.45. The minimum Gasteiger partial charge on any atom is -0.378 e. The van der Waals surface area contributed by atoms with Crippen LogP contribution in [0.25, 0.3) is 16.0 Å². The number of hydrogen-bond acceptors (Lipinski definition) is 6. The maximum atomic E-state index is 13.0. The molecule has 29 heavy (non-hydrogen) atoms. The van der Waals surface area contributed by atoms with Gasteiger partial charge in [0, 0.05) is 26.2 Å². The number of carbonyl (C=O) groups excluding carboxylic acids is 1. The SMILES string of the molecule is Cc1nn(-c2ccccc2)c2nc(N3CCCC(C(=O)N4CCOCC4)C3)sc12. The van der Waals surface area contributed by atoms with Gasteiger partial charge in [0.25, 0.3) is 0 Å². The van der Waals surface area contributed by atoms with Gasteiger partial charge in [-0.3, -0.25) is 4.79 Å². The zero-order valence-electron chi connectivity index (χ0n) is 16.6.